The Morgan fingerprint density at radius 1 is 0.222 bits per heavy atom. The van der Waals surface area contributed by atoms with Gasteiger partial charge in [-0.05, 0) is 152 Å². The van der Waals surface area contributed by atoms with Crippen molar-refractivity contribution in [3.63, 3.8) is 0 Å². The SMILES string of the molecule is CCCCCCCCCCCCCCCCC1(CCCCCCCCCCCCCCCC)c2cc3c(cc2-c2sc(-c4ccc(C)s4)cc21)C(CCCCCCCCCCCCCCCC)(CCCCCCCCCCCCCCCC)c1cc(-c2ccc(-c4cc5c6c(c(C)cc7c6c4C(=O)N(CCOCCCCCCCCCCCC)C7=O)C(=O)N(CCOCCCCCCCCCCCC)C5=O)s2)sc1-3. The minimum Gasteiger partial charge on any atom is -0.380 e. The van der Waals surface area contributed by atoms with Crippen LogP contribution in [0.1, 0.15) is 629 Å². The molecule has 11 rings (SSSR count). The fourth-order valence-electron chi connectivity index (χ4n) is 25.0. The first-order valence-corrected chi connectivity index (χ1v) is 65.3. The number of amides is 4. The van der Waals surface area contributed by atoms with E-state index in [0.717, 1.165) is 48.3 Å². The summed E-state index contributed by atoms with van der Waals surface area (Å²) in [7, 11) is 0. The number of imide groups is 2. The van der Waals surface area contributed by atoms with Gasteiger partial charge in [-0.25, -0.2) is 0 Å². The number of carbonyl (C=O) groups is 4. The van der Waals surface area contributed by atoms with E-state index in [-0.39, 0.29) is 37.1 Å². The van der Waals surface area contributed by atoms with Crippen molar-refractivity contribution >= 4 is 79.7 Å². The first kappa shape index (κ1) is 119. The molecule has 4 aromatic heterocycles. The van der Waals surface area contributed by atoms with E-state index in [4.69, 9.17) is 9.47 Å². The molecule has 4 aliphatic rings. The molecule has 0 spiro atoms. The van der Waals surface area contributed by atoms with Gasteiger partial charge in [-0.2, -0.15) is 0 Å². The number of benzene rings is 3. The monoisotopic (exact) mass is 2040 g/mol. The van der Waals surface area contributed by atoms with Crippen molar-refractivity contribution in [3.8, 4) is 50.8 Å². The van der Waals surface area contributed by atoms with Crippen molar-refractivity contribution in [3.05, 3.63) is 116 Å². The summed E-state index contributed by atoms with van der Waals surface area (Å²) in [6, 6.07) is 24.3. The average Bonchev–Trinajstić information content (AvgIpc) is 1.45. The third-order valence-corrected chi connectivity index (χ3v) is 38.6. The molecule has 144 heavy (non-hydrogen) atoms. The first-order chi connectivity index (χ1) is 70.9. The second-order valence-electron chi connectivity index (χ2n) is 45.6. The second kappa shape index (κ2) is 69.5. The van der Waals surface area contributed by atoms with Crippen molar-refractivity contribution in [1.82, 2.24) is 9.80 Å². The normalized spacial score (nSPS) is 13.9. The van der Waals surface area contributed by atoms with Crippen LogP contribution in [-0.2, 0) is 20.3 Å². The van der Waals surface area contributed by atoms with Crippen LogP contribution in [0.15, 0.2) is 60.7 Å². The van der Waals surface area contributed by atoms with Gasteiger partial charge in [0.05, 0.1) is 37.4 Å². The molecule has 0 unspecified atom stereocenters. The fraction of sp³-hybridized carbons (Fsp3) is 0.727. The lowest BCUT2D eigenvalue weighted by Crippen LogP contribution is -2.45. The van der Waals surface area contributed by atoms with E-state index in [9.17, 15) is 0 Å². The van der Waals surface area contributed by atoms with Gasteiger partial charge < -0.3 is 9.47 Å². The van der Waals surface area contributed by atoms with Crippen molar-refractivity contribution in [2.24, 2.45) is 0 Å². The average molecular weight is 2050 g/mol. The van der Waals surface area contributed by atoms with Crippen molar-refractivity contribution < 1.29 is 28.7 Å². The zero-order valence-electron chi connectivity index (χ0n) is 93.6. The van der Waals surface area contributed by atoms with Crippen molar-refractivity contribution in [2.75, 3.05) is 39.5 Å². The maximum absolute atomic E-state index is 16.1. The quantitative estimate of drug-likeness (QED) is 0.0279. The van der Waals surface area contributed by atoms with Gasteiger partial charge in [-0.1, -0.05) is 517 Å². The van der Waals surface area contributed by atoms with Crippen LogP contribution in [0, 0.1) is 13.8 Å². The van der Waals surface area contributed by atoms with E-state index >= 15 is 19.2 Å². The van der Waals surface area contributed by atoms with Crippen LogP contribution in [0.3, 0.4) is 0 Å². The maximum Gasteiger partial charge on any atom is 0.262 e. The lowest BCUT2D eigenvalue weighted by Gasteiger charge is -2.34. The Kier molecular flexibility index (Phi) is 57.5. The van der Waals surface area contributed by atoms with Gasteiger partial charge >= 0.3 is 0 Å². The maximum atomic E-state index is 16.1. The molecule has 0 atom stereocenters. The van der Waals surface area contributed by atoms with E-state index < -0.39 is 23.6 Å². The Bertz CT molecular complexity index is 4690. The number of carbonyl (C=O) groups excluding carboxylic acids is 4. The van der Waals surface area contributed by atoms with Gasteiger partial charge in [0.1, 0.15) is 0 Å². The van der Waals surface area contributed by atoms with Gasteiger partial charge in [0.25, 0.3) is 23.6 Å². The highest BCUT2D eigenvalue weighted by molar-refractivity contribution is 7.25. The minimum absolute atomic E-state index is 0.0893. The molecule has 8 nitrogen and oxygen atoms in total. The molecule has 6 heterocycles. The number of hydrogen-bond donors (Lipinski definition) is 0. The summed E-state index contributed by atoms with van der Waals surface area (Å²) in [6.45, 7) is 19.9. The number of aryl methyl sites for hydroxylation is 2. The van der Waals surface area contributed by atoms with Gasteiger partial charge in [0, 0.05) is 90.5 Å². The number of thiophene rings is 4. The molecule has 0 saturated carbocycles. The molecular formula is C132H206N2O6S4. The summed E-state index contributed by atoms with van der Waals surface area (Å²) >= 11 is 7.87. The molecule has 0 fully saturated rings. The third-order valence-electron chi connectivity index (χ3n) is 33.8. The smallest absolute Gasteiger partial charge is 0.262 e. The first-order valence-electron chi connectivity index (χ1n) is 62.1. The predicted molar refractivity (Wildman–Crippen MR) is 629 cm³/mol. The molecule has 4 amide bonds. The number of nitrogens with zero attached hydrogens (tertiary/aromatic N) is 2. The summed E-state index contributed by atoms with van der Waals surface area (Å²) in [6.07, 6.45) is 105. The van der Waals surface area contributed by atoms with Crippen LogP contribution >= 0.6 is 45.3 Å². The number of ether oxygens (including phenoxy) is 2. The Balaban J connectivity index is 0.960. The minimum atomic E-state index is -0.399. The Morgan fingerprint density at radius 3 is 0.778 bits per heavy atom. The zero-order chi connectivity index (χ0) is 101. The van der Waals surface area contributed by atoms with E-state index in [1.165, 1.54) is 515 Å². The molecule has 804 valence electrons. The summed E-state index contributed by atoms with van der Waals surface area (Å²) in [4.78, 5) is 75.8. The van der Waals surface area contributed by atoms with Crippen LogP contribution in [0.4, 0.5) is 0 Å². The number of hydrogen-bond acceptors (Lipinski definition) is 10. The van der Waals surface area contributed by atoms with E-state index in [2.05, 4.69) is 108 Å². The molecular weight excluding hydrogens is 1840 g/mol. The predicted octanol–water partition coefficient (Wildman–Crippen LogP) is 43.8. The molecule has 0 radical (unpaired) electrons. The van der Waals surface area contributed by atoms with E-state index in [0.29, 0.717) is 57.4 Å². The van der Waals surface area contributed by atoms with Crippen LogP contribution in [0.2, 0.25) is 0 Å². The third kappa shape index (κ3) is 36.6. The van der Waals surface area contributed by atoms with Crippen LogP contribution in [0.5, 0.6) is 0 Å². The number of unbranched alkanes of at least 4 members (excludes halogenated alkanes) is 70. The van der Waals surface area contributed by atoms with Gasteiger partial charge in [0.15, 0.2) is 0 Å². The highest BCUT2D eigenvalue weighted by Gasteiger charge is 2.51. The standard InChI is InChI=1S/C132H206N2O6S4/c1-9-15-21-27-33-39-45-49-53-57-61-67-73-79-89-131(90-80-74-68-62-58-54-50-46-40-34-28-22-16-10-2)112-102-108-113(101-107(112)125-114(131)103-119(143-125)117-86-85-106(8)141-117)132(91-81-75-69-63-59-55-51-47-41-35-29-23-17-11-3,92-82-76-70-64-60-56-52-48-42-36-30-24-18-12-4)115-104-120(144-126(108)115)118-88-87-116(142-118)109-100-111-122-121(129(137)133(128(111)136)93-97-139-95-83-77-71-65-43-37-31-25-19-13-5)105(7)99-110-123(122)124(109)130(138)134(127(110)135)94-98-140-96-84-78-72-66-44-38-32-26-20-14-6/h85-88,99-104H,9-84,89-98H2,1-8H3. The second-order valence-corrected chi connectivity index (χ2v) is 50.1. The topological polar surface area (TPSA) is 93.2 Å². The van der Waals surface area contributed by atoms with Crippen LogP contribution < -0.4 is 0 Å². The number of fused-ring (bicyclic) bond motifs is 6. The highest BCUT2D eigenvalue weighted by Crippen LogP contribution is 2.65. The Morgan fingerprint density at radius 2 is 0.479 bits per heavy atom. The lowest BCUT2D eigenvalue weighted by atomic mass is 9.68. The summed E-state index contributed by atoms with van der Waals surface area (Å²) < 4.78 is 12.7. The molecule has 3 aromatic carbocycles. The molecule has 2 aliphatic heterocycles. The van der Waals surface area contributed by atoms with Crippen LogP contribution in [-0.4, -0.2) is 72.9 Å². The Labute approximate surface area is 897 Å². The fourth-order valence-corrected chi connectivity index (χ4v) is 29.7. The van der Waals surface area contributed by atoms with Gasteiger partial charge in [0.2, 0.25) is 0 Å². The van der Waals surface area contributed by atoms with E-state index in [1.807, 2.05) is 41.7 Å². The molecule has 12 heteroatoms. The van der Waals surface area contributed by atoms with Crippen molar-refractivity contribution in [1.29, 1.82) is 0 Å². The van der Waals surface area contributed by atoms with E-state index in [1.54, 1.807) is 44.0 Å². The molecule has 0 saturated heterocycles. The molecule has 7 aromatic rings. The largest absolute Gasteiger partial charge is 0.380 e. The zero-order valence-corrected chi connectivity index (χ0v) is 96.8. The molecule has 2 aliphatic carbocycles. The van der Waals surface area contributed by atoms with Crippen molar-refractivity contribution in [2.45, 2.75) is 580 Å². The molecule has 0 bridgehead atoms. The van der Waals surface area contributed by atoms with Gasteiger partial charge in [-0.15, -0.1) is 45.3 Å². The van der Waals surface area contributed by atoms with Crippen LogP contribution in [0.25, 0.3) is 61.6 Å². The highest BCUT2D eigenvalue weighted by atomic mass is 32.1. The number of rotatable bonds is 91. The lowest BCUT2D eigenvalue weighted by molar-refractivity contribution is 0.0501. The molecule has 0 N–H and O–H groups in total. The van der Waals surface area contributed by atoms with Gasteiger partial charge in [-0.3, -0.25) is 29.0 Å². The summed E-state index contributed by atoms with van der Waals surface area (Å²) in [5.74, 6) is -1.58. The summed E-state index contributed by atoms with van der Waals surface area (Å²) in [5, 5.41) is 0.865. The summed E-state index contributed by atoms with van der Waals surface area (Å²) in [5.41, 5.74) is 12.0. The Hall–Kier alpha value is -5.08.